The number of benzene rings is 1. The van der Waals surface area contributed by atoms with E-state index in [0.717, 1.165) is 12.2 Å². The monoisotopic (exact) mass is 566 g/mol. The second-order valence-corrected chi connectivity index (χ2v) is 12.7. The lowest BCUT2D eigenvalue weighted by Gasteiger charge is -2.28. The van der Waals surface area contributed by atoms with Crippen molar-refractivity contribution in [2.75, 3.05) is 37.7 Å². The first-order valence-corrected chi connectivity index (χ1v) is 14.1. The van der Waals surface area contributed by atoms with E-state index in [-0.39, 0.29) is 35.7 Å². The first-order valence-electron chi connectivity index (χ1n) is 14.1. The summed E-state index contributed by atoms with van der Waals surface area (Å²) in [6.07, 6.45) is 1.76. The van der Waals surface area contributed by atoms with Crippen LogP contribution in [-0.2, 0) is 19.6 Å². The Bertz CT molecular complexity index is 1370. The molecule has 2 amide bonds. The van der Waals surface area contributed by atoms with Gasteiger partial charge in [-0.25, -0.2) is 19.7 Å². The van der Waals surface area contributed by atoms with E-state index in [1.54, 1.807) is 6.33 Å². The maximum Gasteiger partial charge on any atom is 0.319 e. The number of carbonyl (C=O) groups excluding carboxylic acids is 1. The van der Waals surface area contributed by atoms with Gasteiger partial charge in [0.05, 0.1) is 6.33 Å². The van der Waals surface area contributed by atoms with Gasteiger partial charge in [0.25, 0.3) is 0 Å². The van der Waals surface area contributed by atoms with E-state index in [1.807, 2.05) is 49.7 Å². The van der Waals surface area contributed by atoms with Crippen LogP contribution < -0.4 is 16.4 Å². The van der Waals surface area contributed by atoms with Crippen LogP contribution in [0.5, 0.6) is 0 Å². The number of nitrogens with one attached hydrogen (secondary N) is 2. The van der Waals surface area contributed by atoms with E-state index < -0.39 is 12.0 Å². The summed E-state index contributed by atoms with van der Waals surface area (Å²) in [5.74, 6) is -0.217. The maximum absolute atomic E-state index is 12.5. The quantitative estimate of drug-likeness (QED) is 0.373. The lowest BCUT2D eigenvalue weighted by atomic mass is 9.87. The van der Waals surface area contributed by atoms with Gasteiger partial charge in [0.1, 0.15) is 30.2 Å². The van der Waals surface area contributed by atoms with Crippen LogP contribution in [0.4, 0.5) is 16.3 Å². The minimum absolute atomic E-state index is 0.0675. The van der Waals surface area contributed by atoms with Gasteiger partial charge in [-0.15, -0.1) is 0 Å². The third-order valence-electron chi connectivity index (χ3n) is 7.52. The first-order chi connectivity index (χ1) is 19.3. The van der Waals surface area contributed by atoms with Gasteiger partial charge >= 0.3 is 6.03 Å². The van der Waals surface area contributed by atoms with Crippen LogP contribution in [0.15, 0.2) is 36.9 Å². The van der Waals surface area contributed by atoms with Crippen molar-refractivity contribution < 1.29 is 19.0 Å². The van der Waals surface area contributed by atoms with Gasteiger partial charge in [0.2, 0.25) is 0 Å². The Hall–Kier alpha value is -3.32. The number of anilines is 2. The highest BCUT2D eigenvalue weighted by molar-refractivity contribution is 5.89. The summed E-state index contributed by atoms with van der Waals surface area (Å²) < 4.78 is 20.9. The number of amides is 2. The number of hydrogen-bond acceptors (Lipinski definition) is 9. The molecule has 0 aliphatic carbocycles. The molecule has 2 aliphatic rings. The number of aromatic nitrogens is 4. The summed E-state index contributed by atoms with van der Waals surface area (Å²) in [6, 6.07) is 7.75. The number of imidazole rings is 1. The molecule has 0 radical (unpaired) electrons. The van der Waals surface area contributed by atoms with E-state index in [0.29, 0.717) is 30.1 Å². The molecule has 41 heavy (non-hydrogen) atoms. The number of fused-ring (bicyclic) bond motifs is 2. The zero-order valence-corrected chi connectivity index (χ0v) is 24.9. The van der Waals surface area contributed by atoms with E-state index in [4.69, 9.17) is 19.9 Å². The molecule has 5 atom stereocenters. The van der Waals surface area contributed by atoms with Gasteiger partial charge in [-0.2, -0.15) is 0 Å². The van der Waals surface area contributed by atoms with Gasteiger partial charge in [-0.05, 0) is 49.9 Å². The van der Waals surface area contributed by atoms with E-state index in [9.17, 15) is 4.79 Å². The zero-order chi connectivity index (χ0) is 29.5. The minimum atomic E-state index is -0.740. The molecule has 0 saturated carbocycles. The lowest BCUT2D eigenvalue weighted by Crippen LogP contribution is -2.41. The van der Waals surface area contributed by atoms with Crippen molar-refractivity contribution >= 4 is 28.7 Å². The van der Waals surface area contributed by atoms with Crippen LogP contribution in [0.3, 0.4) is 0 Å². The highest BCUT2D eigenvalue weighted by atomic mass is 16.8. The third kappa shape index (κ3) is 6.45. The van der Waals surface area contributed by atoms with Gasteiger partial charge in [-0.3, -0.25) is 4.57 Å². The average Bonchev–Trinajstić information content (AvgIpc) is 3.54. The van der Waals surface area contributed by atoms with E-state index >= 15 is 0 Å². The second kappa shape index (κ2) is 11.2. The van der Waals surface area contributed by atoms with Crippen molar-refractivity contribution in [3.05, 3.63) is 42.5 Å². The Morgan fingerprint density at radius 1 is 1.15 bits per heavy atom. The lowest BCUT2D eigenvalue weighted by molar-refractivity contribution is -0.197. The average molecular weight is 567 g/mol. The van der Waals surface area contributed by atoms with E-state index in [1.165, 1.54) is 11.9 Å². The van der Waals surface area contributed by atoms with Crippen molar-refractivity contribution in [2.24, 2.45) is 5.92 Å². The van der Waals surface area contributed by atoms with Gasteiger partial charge < -0.3 is 35.5 Å². The number of likely N-dealkylation sites (N-methyl/N-ethyl adjacent to an activating group) is 1. The molecular formula is C29H42N8O4. The molecule has 12 heteroatoms. The molecule has 0 spiro atoms. The second-order valence-electron chi connectivity index (χ2n) is 12.7. The van der Waals surface area contributed by atoms with Crippen molar-refractivity contribution in [1.82, 2.24) is 29.7 Å². The maximum atomic E-state index is 12.5. The molecule has 3 aromatic rings. The van der Waals surface area contributed by atoms with Crippen LogP contribution in [0.1, 0.15) is 53.3 Å². The zero-order valence-electron chi connectivity index (χ0n) is 24.9. The fourth-order valence-corrected chi connectivity index (χ4v) is 5.56. The molecule has 2 aliphatic heterocycles. The minimum Gasteiger partial charge on any atom is -0.382 e. The Morgan fingerprint density at radius 2 is 1.85 bits per heavy atom. The molecule has 2 fully saturated rings. The van der Waals surface area contributed by atoms with Crippen molar-refractivity contribution in [1.29, 1.82) is 0 Å². The van der Waals surface area contributed by atoms with Crippen LogP contribution in [0, 0.1) is 5.92 Å². The summed E-state index contributed by atoms with van der Waals surface area (Å²) in [5.41, 5.74) is 9.17. The molecule has 1 aromatic carbocycles. The molecule has 1 unspecified atom stereocenters. The Labute approximate surface area is 241 Å². The molecule has 4 heterocycles. The molecule has 0 bridgehead atoms. The highest BCUT2D eigenvalue weighted by Gasteiger charge is 2.56. The molecule has 4 N–H and O–H groups in total. The van der Waals surface area contributed by atoms with Crippen LogP contribution in [0.2, 0.25) is 0 Å². The number of ether oxygens (including phenoxy) is 3. The fraction of sp³-hybridized carbons (Fsp3) is 0.586. The Kier molecular flexibility index (Phi) is 7.94. The highest BCUT2D eigenvalue weighted by Crippen LogP contribution is 2.44. The van der Waals surface area contributed by atoms with Crippen LogP contribution >= 0.6 is 0 Å². The summed E-state index contributed by atoms with van der Waals surface area (Å²) in [6.45, 7) is 14.3. The van der Waals surface area contributed by atoms with Crippen LogP contribution in [-0.4, -0.2) is 81.2 Å². The Morgan fingerprint density at radius 3 is 2.56 bits per heavy atom. The molecular weight excluding hydrogens is 524 g/mol. The molecule has 2 aromatic heterocycles. The third-order valence-corrected chi connectivity index (χ3v) is 7.52. The topological polar surface area (TPSA) is 142 Å². The van der Waals surface area contributed by atoms with E-state index in [2.05, 4.69) is 58.2 Å². The molecule has 12 nitrogen and oxygen atoms in total. The number of nitrogens with two attached hydrogens (primary N) is 1. The van der Waals surface area contributed by atoms with Gasteiger partial charge in [0, 0.05) is 25.3 Å². The standard InChI is InChI=1S/C29H42N8O4/c1-17(12-31-27(38)35-19-10-8-18(9-11-19)28(2,3)4)13-36(7)14-20-22-23(41-29(5,6)40-22)26(39-20)37-16-34-21-24(30)32-15-33-25(21)37/h8-11,15-17,20,22-23,26H,12-14H2,1-7H3,(H2,30,32,33)(H2,31,35,38)/t17?,20-,22-,23-,26-/m1/s1. The van der Waals surface area contributed by atoms with Crippen LogP contribution in [0.25, 0.3) is 11.2 Å². The number of nitrogens with zero attached hydrogens (tertiary/aromatic N) is 5. The first kappa shape index (κ1) is 29.2. The smallest absolute Gasteiger partial charge is 0.319 e. The number of hydrogen-bond donors (Lipinski definition) is 3. The van der Waals surface area contributed by atoms with Crippen molar-refractivity contribution in [2.45, 2.75) is 77.3 Å². The van der Waals surface area contributed by atoms with Crippen molar-refractivity contribution in [3.63, 3.8) is 0 Å². The fourth-order valence-electron chi connectivity index (χ4n) is 5.56. The number of rotatable bonds is 8. The Balaban J connectivity index is 1.15. The van der Waals surface area contributed by atoms with Gasteiger partial charge in [0.15, 0.2) is 23.5 Å². The summed E-state index contributed by atoms with van der Waals surface area (Å²) in [5, 5.41) is 5.90. The summed E-state index contributed by atoms with van der Waals surface area (Å²) in [7, 11) is 2.04. The SMILES string of the molecule is CC(CNC(=O)Nc1ccc(C(C)(C)C)cc1)CN(C)C[C@H]1O[C@@H](n2cnc3c(N)ncnc32)[C@@H]2OC(C)(C)O[C@@H]21. The summed E-state index contributed by atoms with van der Waals surface area (Å²) in [4.78, 5) is 27.5. The predicted molar refractivity (Wildman–Crippen MR) is 156 cm³/mol. The van der Waals surface area contributed by atoms with Crippen molar-refractivity contribution in [3.8, 4) is 0 Å². The molecule has 5 rings (SSSR count). The number of carbonyl (C=O) groups is 1. The normalized spacial score (nSPS) is 24.5. The molecule has 2 saturated heterocycles. The number of urea groups is 1. The summed E-state index contributed by atoms with van der Waals surface area (Å²) >= 11 is 0. The number of nitrogen functional groups attached to an aromatic ring is 1. The molecule has 222 valence electrons. The predicted octanol–water partition coefficient (Wildman–Crippen LogP) is 3.51. The van der Waals surface area contributed by atoms with Gasteiger partial charge in [-0.1, -0.05) is 39.8 Å². The largest absolute Gasteiger partial charge is 0.382 e.